The second kappa shape index (κ2) is 11.1. The first kappa shape index (κ1) is 25.7. The van der Waals surface area contributed by atoms with E-state index in [1.165, 1.54) is 5.69 Å². The minimum Gasteiger partial charge on any atom is -0.465 e. The Morgan fingerprint density at radius 2 is 1.83 bits per heavy atom. The standard InChI is InChI=1S/C28H35N5O2S/c1-6-31(7-2)21-12-14-22(15-13-21)33-19(4)17-23(20(33)5)27-26(24-11-9-10-16-29-24)30-28(36)32(27)18-25(34)35-8-3/h9-17,26-27H,6-8,18H2,1-5H3,(H,30,36)/t26-,27+/m1/s1. The maximum Gasteiger partial charge on any atom is 0.325 e. The molecule has 1 N–H and O–H groups in total. The van der Waals surface area contributed by atoms with E-state index in [-0.39, 0.29) is 24.6 Å². The van der Waals surface area contributed by atoms with E-state index in [0.29, 0.717) is 11.7 Å². The van der Waals surface area contributed by atoms with Crippen LogP contribution in [-0.4, -0.2) is 51.8 Å². The molecule has 0 amide bonds. The van der Waals surface area contributed by atoms with Crippen molar-refractivity contribution < 1.29 is 9.53 Å². The minimum absolute atomic E-state index is 0.0793. The van der Waals surface area contributed by atoms with Crippen molar-refractivity contribution in [1.82, 2.24) is 19.8 Å². The van der Waals surface area contributed by atoms with Crippen molar-refractivity contribution >= 4 is 29.0 Å². The highest BCUT2D eigenvalue weighted by Crippen LogP contribution is 2.41. The fraction of sp³-hybridized carbons (Fsp3) is 0.393. The van der Waals surface area contributed by atoms with Gasteiger partial charge in [0.05, 0.1) is 24.4 Å². The van der Waals surface area contributed by atoms with Crippen molar-refractivity contribution in [2.75, 3.05) is 31.1 Å². The summed E-state index contributed by atoms with van der Waals surface area (Å²) in [6.07, 6.45) is 1.78. The SMILES string of the molecule is CCOC(=O)CN1C(=S)N[C@H](c2ccccn2)[C@@H]1c1cc(C)n(-c2ccc(N(CC)CC)cc2)c1C. The van der Waals surface area contributed by atoms with Crippen LogP contribution < -0.4 is 10.2 Å². The fourth-order valence-corrected chi connectivity index (χ4v) is 5.45. The number of pyridine rings is 1. The number of benzene rings is 1. The van der Waals surface area contributed by atoms with Crippen LogP contribution in [0.25, 0.3) is 5.69 Å². The summed E-state index contributed by atoms with van der Waals surface area (Å²) in [5, 5.41) is 3.94. The van der Waals surface area contributed by atoms with Crippen LogP contribution in [0.15, 0.2) is 54.7 Å². The first-order valence-corrected chi connectivity index (χ1v) is 13.0. The number of nitrogens with zero attached hydrogens (tertiary/aromatic N) is 4. The Labute approximate surface area is 219 Å². The monoisotopic (exact) mass is 505 g/mol. The van der Waals surface area contributed by atoms with Gasteiger partial charge in [0.25, 0.3) is 0 Å². The van der Waals surface area contributed by atoms with Crippen LogP contribution in [0.3, 0.4) is 0 Å². The molecule has 1 fully saturated rings. The molecular weight excluding hydrogens is 470 g/mol. The van der Waals surface area contributed by atoms with E-state index in [9.17, 15) is 4.79 Å². The molecule has 0 radical (unpaired) electrons. The summed E-state index contributed by atoms with van der Waals surface area (Å²) in [5.41, 5.74) is 6.53. The topological polar surface area (TPSA) is 62.6 Å². The normalized spacial score (nSPS) is 17.2. The van der Waals surface area contributed by atoms with Crippen LogP contribution >= 0.6 is 12.2 Å². The number of esters is 1. The number of thiocarbonyl (C=S) groups is 1. The van der Waals surface area contributed by atoms with Gasteiger partial charge in [-0.15, -0.1) is 0 Å². The summed E-state index contributed by atoms with van der Waals surface area (Å²) in [5.74, 6) is -0.297. The molecule has 0 aliphatic carbocycles. The van der Waals surface area contributed by atoms with Crippen LogP contribution in [0.2, 0.25) is 0 Å². The van der Waals surface area contributed by atoms with Gasteiger partial charge in [0.2, 0.25) is 0 Å². The number of anilines is 1. The molecule has 0 bridgehead atoms. The zero-order valence-corrected chi connectivity index (χ0v) is 22.5. The molecule has 0 spiro atoms. The van der Waals surface area contributed by atoms with E-state index in [1.54, 1.807) is 6.20 Å². The maximum atomic E-state index is 12.5. The molecule has 1 aromatic carbocycles. The Morgan fingerprint density at radius 1 is 1.11 bits per heavy atom. The van der Waals surface area contributed by atoms with Crippen molar-refractivity contribution in [3.63, 3.8) is 0 Å². The number of ether oxygens (including phenoxy) is 1. The van der Waals surface area contributed by atoms with Gasteiger partial charge in [-0.3, -0.25) is 9.78 Å². The molecule has 7 nitrogen and oxygen atoms in total. The van der Waals surface area contributed by atoms with Crippen LogP contribution in [0, 0.1) is 13.8 Å². The third-order valence-electron chi connectivity index (χ3n) is 6.83. The van der Waals surface area contributed by atoms with E-state index in [1.807, 2.05) is 30.0 Å². The fourth-order valence-electron chi connectivity index (χ4n) is 5.15. The zero-order chi connectivity index (χ0) is 25.8. The highest BCUT2D eigenvalue weighted by atomic mass is 32.1. The molecule has 2 aromatic heterocycles. The molecule has 36 heavy (non-hydrogen) atoms. The molecule has 2 atom stereocenters. The Morgan fingerprint density at radius 3 is 2.44 bits per heavy atom. The molecule has 0 unspecified atom stereocenters. The highest BCUT2D eigenvalue weighted by Gasteiger charge is 2.42. The second-order valence-electron chi connectivity index (χ2n) is 8.91. The second-order valence-corrected chi connectivity index (χ2v) is 9.30. The van der Waals surface area contributed by atoms with Gasteiger partial charge in [0, 0.05) is 42.0 Å². The van der Waals surface area contributed by atoms with Gasteiger partial charge in [-0.25, -0.2) is 0 Å². The van der Waals surface area contributed by atoms with E-state index in [0.717, 1.165) is 41.4 Å². The van der Waals surface area contributed by atoms with Gasteiger partial charge in [0.1, 0.15) is 6.54 Å². The number of hydrogen-bond acceptors (Lipinski definition) is 5. The van der Waals surface area contributed by atoms with Gasteiger partial charge >= 0.3 is 5.97 Å². The number of carbonyl (C=O) groups excluding carboxylic acids is 1. The van der Waals surface area contributed by atoms with Crippen molar-refractivity contribution in [2.24, 2.45) is 0 Å². The number of rotatable bonds is 9. The quantitative estimate of drug-likeness (QED) is 0.329. The number of aromatic nitrogens is 2. The average molecular weight is 506 g/mol. The van der Waals surface area contributed by atoms with E-state index in [4.69, 9.17) is 17.0 Å². The Hall–Kier alpha value is -3.39. The molecule has 3 heterocycles. The van der Waals surface area contributed by atoms with E-state index in [2.05, 4.69) is 77.8 Å². The smallest absolute Gasteiger partial charge is 0.325 e. The van der Waals surface area contributed by atoms with E-state index >= 15 is 0 Å². The molecule has 0 saturated carbocycles. The van der Waals surface area contributed by atoms with Gasteiger partial charge in [-0.05, 0) is 94.9 Å². The molecule has 1 aliphatic heterocycles. The van der Waals surface area contributed by atoms with Gasteiger partial charge in [-0.1, -0.05) is 6.07 Å². The minimum atomic E-state index is -0.297. The van der Waals surface area contributed by atoms with Gasteiger partial charge in [0.15, 0.2) is 5.11 Å². The summed E-state index contributed by atoms with van der Waals surface area (Å²) in [6, 6.07) is 16.4. The van der Waals surface area contributed by atoms with Crippen molar-refractivity contribution in [1.29, 1.82) is 0 Å². The average Bonchev–Trinajstić information content (AvgIpc) is 3.35. The predicted octanol–water partition coefficient (Wildman–Crippen LogP) is 4.87. The van der Waals surface area contributed by atoms with Gasteiger partial charge in [-0.2, -0.15) is 0 Å². The summed E-state index contributed by atoms with van der Waals surface area (Å²) in [4.78, 5) is 21.4. The summed E-state index contributed by atoms with van der Waals surface area (Å²) >= 11 is 5.70. The van der Waals surface area contributed by atoms with Crippen molar-refractivity contribution in [3.05, 3.63) is 77.4 Å². The molecule has 190 valence electrons. The predicted molar refractivity (Wildman–Crippen MR) is 148 cm³/mol. The molecule has 1 aliphatic rings. The summed E-state index contributed by atoms with van der Waals surface area (Å²) in [6.45, 7) is 12.7. The highest BCUT2D eigenvalue weighted by molar-refractivity contribution is 7.80. The van der Waals surface area contributed by atoms with Crippen LogP contribution in [0.4, 0.5) is 5.69 Å². The molecule has 4 rings (SSSR count). The number of aryl methyl sites for hydroxylation is 1. The molecular formula is C28H35N5O2S. The van der Waals surface area contributed by atoms with E-state index < -0.39 is 0 Å². The molecule has 8 heteroatoms. The number of hydrogen-bond donors (Lipinski definition) is 1. The lowest BCUT2D eigenvalue weighted by Crippen LogP contribution is -2.35. The third kappa shape index (κ3) is 4.95. The Bertz CT molecular complexity index is 1200. The van der Waals surface area contributed by atoms with Crippen LogP contribution in [0.5, 0.6) is 0 Å². The lowest BCUT2D eigenvalue weighted by molar-refractivity contribution is -0.143. The number of carbonyl (C=O) groups is 1. The lowest BCUT2D eigenvalue weighted by Gasteiger charge is -2.27. The van der Waals surface area contributed by atoms with Gasteiger partial charge < -0.3 is 24.4 Å². The summed E-state index contributed by atoms with van der Waals surface area (Å²) < 4.78 is 7.53. The summed E-state index contributed by atoms with van der Waals surface area (Å²) in [7, 11) is 0. The molecule has 1 saturated heterocycles. The van der Waals surface area contributed by atoms with Crippen LogP contribution in [0.1, 0.15) is 55.5 Å². The maximum absolute atomic E-state index is 12.5. The zero-order valence-electron chi connectivity index (χ0n) is 21.7. The first-order chi connectivity index (χ1) is 17.4. The Balaban J connectivity index is 1.76. The van der Waals surface area contributed by atoms with Crippen LogP contribution in [-0.2, 0) is 9.53 Å². The third-order valence-corrected chi connectivity index (χ3v) is 7.18. The van der Waals surface area contributed by atoms with Crippen molar-refractivity contribution in [3.8, 4) is 5.69 Å². The number of nitrogens with one attached hydrogen (secondary N) is 1. The first-order valence-electron chi connectivity index (χ1n) is 12.6. The molecule has 3 aromatic rings. The van der Waals surface area contributed by atoms with Crippen molar-refractivity contribution in [2.45, 2.75) is 46.7 Å². The Kier molecular flexibility index (Phi) is 7.94. The largest absolute Gasteiger partial charge is 0.465 e. The lowest BCUT2D eigenvalue weighted by atomic mass is 9.97.